The van der Waals surface area contributed by atoms with Crippen LogP contribution in [0.1, 0.15) is 50.6 Å². The molecule has 3 rings (SSSR count). The third-order valence-corrected chi connectivity index (χ3v) is 4.95. The molecule has 0 aliphatic carbocycles. The number of para-hydroxylation sites is 1. The molecular weight excluding hydrogens is 330 g/mol. The van der Waals surface area contributed by atoms with Gasteiger partial charge >= 0.3 is 0 Å². The largest absolute Gasteiger partial charge is 0.451 e. The maximum absolute atomic E-state index is 13.0. The number of carbonyl (C=O) groups is 1. The first-order valence-electron chi connectivity index (χ1n) is 9.47. The van der Waals surface area contributed by atoms with Crippen LogP contribution in [0.15, 0.2) is 39.5 Å². The van der Waals surface area contributed by atoms with Crippen LogP contribution in [0.4, 0.5) is 0 Å². The molecule has 5 heteroatoms. The van der Waals surface area contributed by atoms with E-state index in [1.807, 2.05) is 0 Å². The van der Waals surface area contributed by atoms with Crippen molar-refractivity contribution in [2.24, 2.45) is 5.92 Å². The van der Waals surface area contributed by atoms with Crippen molar-refractivity contribution in [2.75, 3.05) is 13.1 Å². The van der Waals surface area contributed by atoms with Crippen LogP contribution in [0.5, 0.6) is 0 Å². The molecular formula is C21H27NO4. The third kappa shape index (κ3) is 3.98. The predicted octanol–water partition coefficient (Wildman–Crippen LogP) is 3.85. The predicted molar refractivity (Wildman–Crippen MR) is 101 cm³/mol. The van der Waals surface area contributed by atoms with Crippen molar-refractivity contribution in [1.29, 1.82) is 0 Å². The number of hydrogen-bond acceptors (Lipinski definition) is 4. The van der Waals surface area contributed by atoms with Crippen LogP contribution in [-0.2, 0) is 4.74 Å². The number of nitrogens with zero attached hydrogens (tertiary/aromatic N) is 1. The van der Waals surface area contributed by atoms with E-state index in [1.165, 1.54) is 6.07 Å². The van der Waals surface area contributed by atoms with Gasteiger partial charge in [0.1, 0.15) is 5.58 Å². The van der Waals surface area contributed by atoms with Crippen molar-refractivity contribution in [1.82, 2.24) is 4.90 Å². The van der Waals surface area contributed by atoms with Crippen molar-refractivity contribution in [3.8, 4) is 0 Å². The number of hydrogen-bond donors (Lipinski definition) is 0. The number of amides is 1. The lowest BCUT2D eigenvalue weighted by atomic mass is 10.0. The van der Waals surface area contributed by atoms with Crippen LogP contribution in [0.25, 0.3) is 11.0 Å². The number of unbranched alkanes of at least 4 members (excludes halogenated alkanes) is 1. The summed E-state index contributed by atoms with van der Waals surface area (Å²) in [6, 6.07) is 8.32. The molecule has 26 heavy (non-hydrogen) atoms. The summed E-state index contributed by atoms with van der Waals surface area (Å²) >= 11 is 0. The lowest BCUT2D eigenvalue weighted by Gasteiger charge is -2.39. The quantitative estimate of drug-likeness (QED) is 0.815. The SMILES string of the molecule is CCCC[C@@H]1CN(C(=O)c2cc(=O)c3ccccc3o2)C[C@H](C(C)C)O1. The zero-order valence-corrected chi connectivity index (χ0v) is 15.7. The third-order valence-electron chi connectivity index (χ3n) is 4.95. The summed E-state index contributed by atoms with van der Waals surface area (Å²) < 4.78 is 11.9. The van der Waals surface area contributed by atoms with Gasteiger partial charge in [0.05, 0.1) is 17.6 Å². The second-order valence-electron chi connectivity index (χ2n) is 7.36. The fraction of sp³-hybridized carbons (Fsp3) is 0.524. The molecule has 140 valence electrons. The Morgan fingerprint density at radius 3 is 2.77 bits per heavy atom. The summed E-state index contributed by atoms with van der Waals surface area (Å²) in [5.41, 5.74) is 0.256. The molecule has 1 aliphatic rings. The first-order valence-corrected chi connectivity index (χ1v) is 9.47. The maximum Gasteiger partial charge on any atom is 0.289 e. The van der Waals surface area contributed by atoms with Crippen molar-refractivity contribution in [3.05, 3.63) is 46.3 Å². The van der Waals surface area contributed by atoms with E-state index in [4.69, 9.17) is 9.15 Å². The molecule has 0 radical (unpaired) electrons. The molecule has 0 spiro atoms. The minimum atomic E-state index is -0.233. The van der Waals surface area contributed by atoms with E-state index in [-0.39, 0.29) is 29.3 Å². The Morgan fingerprint density at radius 1 is 1.27 bits per heavy atom. The number of carbonyl (C=O) groups excluding carboxylic acids is 1. The van der Waals surface area contributed by atoms with Gasteiger partial charge < -0.3 is 14.1 Å². The Labute approximate surface area is 153 Å². The maximum atomic E-state index is 13.0. The standard InChI is InChI=1S/C21H27NO4/c1-4-5-8-15-12-22(13-20(25-15)14(2)3)21(24)19-11-17(23)16-9-6-7-10-18(16)26-19/h6-7,9-11,14-15,20H,4-5,8,12-13H2,1-3H3/t15-,20-/m1/s1. The molecule has 1 aromatic heterocycles. The Bertz CT molecular complexity index is 826. The van der Waals surface area contributed by atoms with Gasteiger partial charge in [0.25, 0.3) is 5.91 Å². The van der Waals surface area contributed by atoms with Crippen LogP contribution in [-0.4, -0.2) is 36.1 Å². The minimum absolute atomic E-state index is 0.00161. The van der Waals surface area contributed by atoms with Gasteiger partial charge in [0.2, 0.25) is 0 Å². The summed E-state index contributed by atoms with van der Waals surface area (Å²) in [5, 5.41) is 0.493. The molecule has 1 fully saturated rings. The van der Waals surface area contributed by atoms with E-state index in [2.05, 4.69) is 20.8 Å². The van der Waals surface area contributed by atoms with Gasteiger partial charge in [-0.3, -0.25) is 9.59 Å². The van der Waals surface area contributed by atoms with Crippen molar-refractivity contribution in [3.63, 3.8) is 0 Å². The molecule has 1 aliphatic heterocycles. The van der Waals surface area contributed by atoms with Crippen molar-refractivity contribution < 1.29 is 13.9 Å². The second kappa shape index (κ2) is 8.04. The van der Waals surface area contributed by atoms with E-state index >= 15 is 0 Å². The highest BCUT2D eigenvalue weighted by Crippen LogP contribution is 2.23. The number of rotatable bonds is 5. The molecule has 1 saturated heterocycles. The summed E-state index contributed by atoms with van der Waals surface area (Å²) in [4.78, 5) is 27.1. The molecule has 0 unspecified atom stereocenters. The van der Waals surface area contributed by atoms with Gasteiger partial charge in [-0.1, -0.05) is 45.7 Å². The lowest BCUT2D eigenvalue weighted by molar-refractivity contribution is -0.0966. The summed E-state index contributed by atoms with van der Waals surface area (Å²) in [7, 11) is 0. The topological polar surface area (TPSA) is 59.8 Å². The van der Waals surface area contributed by atoms with E-state index in [0.717, 1.165) is 19.3 Å². The number of fused-ring (bicyclic) bond motifs is 1. The molecule has 5 nitrogen and oxygen atoms in total. The lowest BCUT2D eigenvalue weighted by Crippen LogP contribution is -2.51. The molecule has 2 atom stereocenters. The smallest absolute Gasteiger partial charge is 0.289 e. The molecule has 0 bridgehead atoms. The molecule has 1 amide bonds. The average Bonchev–Trinajstić information content (AvgIpc) is 2.65. The van der Waals surface area contributed by atoms with Crippen molar-refractivity contribution in [2.45, 2.75) is 52.2 Å². The van der Waals surface area contributed by atoms with Crippen molar-refractivity contribution >= 4 is 16.9 Å². The Kier molecular flexibility index (Phi) is 5.77. The van der Waals surface area contributed by atoms with Gasteiger partial charge in [-0.25, -0.2) is 0 Å². The van der Waals surface area contributed by atoms with Gasteiger partial charge in [-0.05, 0) is 24.5 Å². The minimum Gasteiger partial charge on any atom is -0.451 e. The number of benzene rings is 1. The highest BCUT2D eigenvalue weighted by molar-refractivity contribution is 5.93. The van der Waals surface area contributed by atoms with Crippen LogP contribution >= 0.6 is 0 Å². The van der Waals surface area contributed by atoms with Crippen LogP contribution in [0, 0.1) is 5.92 Å². The van der Waals surface area contributed by atoms with E-state index in [0.29, 0.717) is 30.0 Å². The first-order chi connectivity index (χ1) is 12.5. The average molecular weight is 357 g/mol. The van der Waals surface area contributed by atoms with E-state index in [9.17, 15) is 9.59 Å². The summed E-state index contributed by atoms with van der Waals surface area (Å²) in [6.07, 6.45) is 3.14. The number of ether oxygens (including phenoxy) is 1. The van der Waals surface area contributed by atoms with Crippen LogP contribution in [0.2, 0.25) is 0 Å². The molecule has 0 saturated carbocycles. The highest BCUT2D eigenvalue weighted by atomic mass is 16.5. The van der Waals surface area contributed by atoms with Gasteiger partial charge in [-0.15, -0.1) is 0 Å². The number of morpholine rings is 1. The first kappa shape index (κ1) is 18.6. The highest BCUT2D eigenvalue weighted by Gasteiger charge is 2.33. The van der Waals surface area contributed by atoms with Crippen LogP contribution in [0.3, 0.4) is 0 Å². The zero-order chi connectivity index (χ0) is 18.7. The van der Waals surface area contributed by atoms with Gasteiger partial charge in [0.15, 0.2) is 11.2 Å². The molecule has 2 aromatic rings. The normalized spacial score (nSPS) is 20.7. The fourth-order valence-electron chi connectivity index (χ4n) is 3.36. The Hall–Kier alpha value is -2.14. The van der Waals surface area contributed by atoms with E-state index in [1.54, 1.807) is 29.2 Å². The van der Waals surface area contributed by atoms with Gasteiger partial charge in [-0.2, -0.15) is 0 Å². The van der Waals surface area contributed by atoms with E-state index < -0.39 is 0 Å². The van der Waals surface area contributed by atoms with Gasteiger partial charge in [0, 0.05) is 19.2 Å². The Morgan fingerprint density at radius 2 is 2.04 bits per heavy atom. The molecule has 1 aromatic carbocycles. The molecule has 2 heterocycles. The zero-order valence-electron chi connectivity index (χ0n) is 15.7. The Balaban J connectivity index is 1.86. The fourth-order valence-corrected chi connectivity index (χ4v) is 3.36. The van der Waals surface area contributed by atoms with Crippen LogP contribution < -0.4 is 5.43 Å². The second-order valence-corrected chi connectivity index (χ2v) is 7.36. The summed E-state index contributed by atoms with van der Waals surface area (Å²) in [6.45, 7) is 7.42. The monoisotopic (exact) mass is 357 g/mol. The molecule has 0 N–H and O–H groups in total. The summed E-state index contributed by atoms with van der Waals surface area (Å²) in [5.74, 6) is 0.189.